The highest BCUT2D eigenvalue weighted by Crippen LogP contribution is 2.38. The van der Waals surface area contributed by atoms with Crippen molar-refractivity contribution in [1.29, 1.82) is 5.26 Å². The summed E-state index contributed by atoms with van der Waals surface area (Å²) in [6.45, 7) is 0. The first-order valence-corrected chi connectivity index (χ1v) is 6.72. The normalized spacial score (nSPS) is 11.0. The van der Waals surface area contributed by atoms with Crippen LogP contribution in [0.15, 0.2) is 40.9 Å². The number of nitrogens with zero attached hydrogens (tertiary/aromatic N) is 1. The lowest BCUT2D eigenvalue weighted by atomic mass is 10.2. The van der Waals surface area contributed by atoms with E-state index in [1.165, 1.54) is 18.2 Å². The fourth-order valence-corrected chi connectivity index (χ4v) is 2.18. The summed E-state index contributed by atoms with van der Waals surface area (Å²) in [4.78, 5) is 0. The van der Waals surface area contributed by atoms with Crippen molar-refractivity contribution in [2.24, 2.45) is 0 Å². The van der Waals surface area contributed by atoms with Crippen LogP contribution in [0.3, 0.4) is 0 Å². The van der Waals surface area contributed by atoms with Crippen LogP contribution in [0.1, 0.15) is 11.1 Å². The molecule has 0 fully saturated rings. The number of ether oxygens (including phenoxy) is 1. The van der Waals surface area contributed by atoms with E-state index in [-0.39, 0.29) is 17.1 Å². The van der Waals surface area contributed by atoms with Gasteiger partial charge in [-0.3, -0.25) is 0 Å². The molecule has 21 heavy (non-hydrogen) atoms. The van der Waals surface area contributed by atoms with Crippen LogP contribution in [0.25, 0.3) is 0 Å². The zero-order valence-corrected chi connectivity index (χ0v) is 12.6. The number of benzene rings is 2. The van der Waals surface area contributed by atoms with Crippen molar-refractivity contribution in [3.8, 4) is 17.6 Å². The molecule has 108 valence electrons. The van der Waals surface area contributed by atoms with E-state index < -0.39 is 16.8 Å². The van der Waals surface area contributed by atoms with E-state index in [0.717, 1.165) is 12.1 Å². The first-order valence-electron chi connectivity index (χ1n) is 5.55. The predicted octanol–water partition coefficient (Wildman–Crippen LogP) is 5.79. The molecule has 0 aliphatic carbocycles. The third-order valence-electron chi connectivity index (χ3n) is 2.53. The zero-order chi connectivity index (χ0) is 15.6. The van der Waals surface area contributed by atoms with E-state index in [0.29, 0.717) is 4.47 Å². The van der Waals surface area contributed by atoms with Gasteiger partial charge >= 0.3 is 6.18 Å². The number of nitriles is 1. The fraction of sp³-hybridized carbons (Fsp3) is 0.0714. The Kier molecular flexibility index (Phi) is 4.45. The Morgan fingerprint density at radius 3 is 2.48 bits per heavy atom. The van der Waals surface area contributed by atoms with Gasteiger partial charge in [0.1, 0.15) is 17.6 Å². The predicted molar refractivity (Wildman–Crippen MR) is 75.4 cm³/mol. The lowest BCUT2D eigenvalue weighted by Gasteiger charge is -2.12. The van der Waals surface area contributed by atoms with Crippen molar-refractivity contribution < 1.29 is 17.9 Å². The SMILES string of the molecule is N#Cc1cc(Br)ccc1Oc1ccc(Cl)c(C(F)(F)F)c1. The first kappa shape index (κ1) is 15.7. The van der Waals surface area contributed by atoms with Gasteiger partial charge < -0.3 is 4.74 Å². The molecule has 0 amide bonds. The summed E-state index contributed by atoms with van der Waals surface area (Å²) in [7, 11) is 0. The monoisotopic (exact) mass is 375 g/mol. The molecule has 2 nitrogen and oxygen atoms in total. The Bertz CT molecular complexity index is 725. The van der Waals surface area contributed by atoms with E-state index in [1.54, 1.807) is 6.07 Å². The Morgan fingerprint density at radius 1 is 1.14 bits per heavy atom. The highest BCUT2D eigenvalue weighted by atomic mass is 79.9. The zero-order valence-electron chi connectivity index (χ0n) is 10.2. The molecular weight excluding hydrogens is 371 g/mol. The molecule has 7 heteroatoms. The molecule has 0 spiro atoms. The van der Waals surface area contributed by atoms with Gasteiger partial charge in [-0.25, -0.2) is 0 Å². The summed E-state index contributed by atoms with van der Waals surface area (Å²) < 4.78 is 44.3. The molecular formula is C14H6BrClF3NO. The average molecular weight is 377 g/mol. The van der Waals surface area contributed by atoms with Crippen LogP contribution in [0.2, 0.25) is 5.02 Å². The molecule has 0 saturated carbocycles. The quantitative estimate of drug-likeness (QED) is 0.665. The fourth-order valence-electron chi connectivity index (χ4n) is 1.59. The molecule has 0 heterocycles. The number of hydrogen-bond donors (Lipinski definition) is 0. The summed E-state index contributed by atoms with van der Waals surface area (Å²) in [5.74, 6) is 0.113. The highest BCUT2D eigenvalue weighted by molar-refractivity contribution is 9.10. The second-order valence-corrected chi connectivity index (χ2v) is 5.32. The van der Waals surface area contributed by atoms with Gasteiger partial charge in [0.15, 0.2) is 0 Å². The van der Waals surface area contributed by atoms with Crippen LogP contribution in [0.5, 0.6) is 11.5 Å². The number of halogens is 5. The van der Waals surface area contributed by atoms with Gasteiger partial charge in [0.05, 0.1) is 16.1 Å². The Labute approximate surface area is 131 Å². The van der Waals surface area contributed by atoms with Gasteiger partial charge in [-0.1, -0.05) is 27.5 Å². The van der Waals surface area contributed by atoms with Gasteiger partial charge in [-0.05, 0) is 36.4 Å². The largest absolute Gasteiger partial charge is 0.456 e. The third-order valence-corrected chi connectivity index (χ3v) is 3.36. The minimum absolute atomic E-state index is 0.0504. The molecule has 0 N–H and O–H groups in total. The maximum absolute atomic E-state index is 12.8. The van der Waals surface area contributed by atoms with Gasteiger partial charge in [0.2, 0.25) is 0 Å². The molecule has 2 aromatic rings. The summed E-state index contributed by atoms with van der Waals surface area (Å²) >= 11 is 8.73. The van der Waals surface area contributed by atoms with Crippen molar-refractivity contribution in [3.05, 3.63) is 57.0 Å². The van der Waals surface area contributed by atoms with Crippen LogP contribution < -0.4 is 4.74 Å². The molecule has 0 unspecified atom stereocenters. The van der Waals surface area contributed by atoms with E-state index >= 15 is 0 Å². The average Bonchev–Trinajstić information content (AvgIpc) is 2.41. The molecule has 2 aromatic carbocycles. The maximum atomic E-state index is 12.8. The standard InChI is InChI=1S/C14H6BrClF3NO/c15-9-1-4-13(8(5-9)7-20)21-10-2-3-12(16)11(6-10)14(17,18)19/h1-6H. The van der Waals surface area contributed by atoms with Crippen molar-refractivity contribution in [2.45, 2.75) is 6.18 Å². The second kappa shape index (κ2) is 5.96. The molecule has 0 bridgehead atoms. The van der Waals surface area contributed by atoms with E-state index in [4.69, 9.17) is 21.6 Å². The summed E-state index contributed by atoms with van der Waals surface area (Å²) in [5, 5.41) is 8.59. The van der Waals surface area contributed by atoms with E-state index in [2.05, 4.69) is 15.9 Å². The number of rotatable bonds is 2. The topological polar surface area (TPSA) is 33.0 Å². The molecule has 0 aromatic heterocycles. The minimum Gasteiger partial charge on any atom is -0.456 e. The highest BCUT2D eigenvalue weighted by Gasteiger charge is 2.33. The minimum atomic E-state index is -4.58. The lowest BCUT2D eigenvalue weighted by Crippen LogP contribution is -2.06. The van der Waals surface area contributed by atoms with E-state index in [9.17, 15) is 13.2 Å². The van der Waals surface area contributed by atoms with Crippen molar-refractivity contribution in [2.75, 3.05) is 0 Å². The Hall–Kier alpha value is -1.71. The third kappa shape index (κ3) is 3.69. The second-order valence-electron chi connectivity index (χ2n) is 3.99. The molecule has 0 aliphatic rings. The van der Waals surface area contributed by atoms with Crippen molar-refractivity contribution in [1.82, 2.24) is 0 Å². The molecule has 0 saturated heterocycles. The first-order chi connectivity index (χ1) is 9.81. The van der Waals surface area contributed by atoms with Gasteiger partial charge in [0, 0.05) is 4.47 Å². The molecule has 0 radical (unpaired) electrons. The van der Waals surface area contributed by atoms with Crippen LogP contribution in [0, 0.1) is 11.3 Å². The van der Waals surface area contributed by atoms with Gasteiger partial charge in [0.25, 0.3) is 0 Å². The maximum Gasteiger partial charge on any atom is 0.417 e. The molecule has 2 rings (SSSR count). The Balaban J connectivity index is 2.40. The Morgan fingerprint density at radius 2 is 1.86 bits per heavy atom. The lowest BCUT2D eigenvalue weighted by molar-refractivity contribution is -0.137. The molecule has 0 aliphatic heterocycles. The molecule has 0 atom stereocenters. The van der Waals surface area contributed by atoms with Crippen LogP contribution in [-0.2, 0) is 6.18 Å². The van der Waals surface area contributed by atoms with Crippen molar-refractivity contribution >= 4 is 27.5 Å². The van der Waals surface area contributed by atoms with E-state index in [1.807, 2.05) is 6.07 Å². The summed E-state index contributed by atoms with van der Waals surface area (Å²) in [5.41, 5.74) is -0.787. The van der Waals surface area contributed by atoms with Crippen LogP contribution in [-0.4, -0.2) is 0 Å². The van der Waals surface area contributed by atoms with Gasteiger partial charge in [-0.2, -0.15) is 18.4 Å². The smallest absolute Gasteiger partial charge is 0.417 e. The summed E-state index contributed by atoms with van der Waals surface area (Å²) in [6.07, 6.45) is -4.58. The van der Waals surface area contributed by atoms with Crippen molar-refractivity contribution in [3.63, 3.8) is 0 Å². The van der Waals surface area contributed by atoms with Crippen LogP contribution >= 0.6 is 27.5 Å². The van der Waals surface area contributed by atoms with Crippen LogP contribution in [0.4, 0.5) is 13.2 Å². The van der Waals surface area contributed by atoms with Gasteiger partial charge in [-0.15, -0.1) is 0 Å². The summed E-state index contributed by atoms with van der Waals surface area (Å²) in [6, 6.07) is 9.74. The number of alkyl halides is 3. The number of hydrogen-bond acceptors (Lipinski definition) is 2.